The summed E-state index contributed by atoms with van der Waals surface area (Å²) in [4.78, 5) is 27.4. The molecule has 2 aromatic carbocycles. The normalized spacial score (nSPS) is 10.8. The van der Waals surface area contributed by atoms with Gasteiger partial charge in [0.25, 0.3) is 0 Å². The van der Waals surface area contributed by atoms with Gasteiger partial charge in [-0.1, -0.05) is 24.3 Å². The molecule has 6 heteroatoms. The van der Waals surface area contributed by atoms with E-state index in [9.17, 15) is 9.59 Å². The van der Waals surface area contributed by atoms with E-state index in [-0.39, 0.29) is 12.3 Å². The molecule has 3 aromatic rings. The predicted molar refractivity (Wildman–Crippen MR) is 104 cm³/mol. The molecule has 0 aliphatic heterocycles. The van der Waals surface area contributed by atoms with Crippen molar-refractivity contribution in [2.45, 2.75) is 32.1 Å². The summed E-state index contributed by atoms with van der Waals surface area (Å²) in [6, 6.07) is 15.4. The molecular formula is C20H20N2O3S. The Balaban J connectivity index is 1.48. The van der Waals surface area contributed by atoms with Gasteiger partial charge in [-0.3, -0.25) is 9.59 Å². The molecule has 3 rings (SSSR count). The second-order valence-corrected chi connectivity index (χ2v) is 7.19. The number of carbonyl (C=O) groups is 2. The number of hydrogen-bond acceptors (Lipinski definition) is 4. The van der Waals surface area contributed by atoms with Crippen LogP contribution < -0.4 is 5.32 Å². The van der Waals surface area contributed by atoms with E-state index in [1.54, 1.807) is 11.3 Å². The van der Waals surface area contributed by atoms with E-state index in [4.69, 9.17) is 5.11 Å². The van der Waals surface area contributed by atoms with Crippen LogP contribution in [0.25, 0.3) is 10.2 Å². The highest BCUT2D eigenvalue weighted by atomic mass is 32.1. The number of carboxylic acids is 1. The molecule has 26 heavy (non-hydrogen) atoms. The van der Waals surface area contributed by atoms with E-state index < -0.39 is 5.97 Å². The quantitative estimate of drug-likeness (QED) is 0.622. The fourth-order valence-corrected chi connectivity index (χ4v) is 3.72. The smallest absolute Gasteiger partial charge is 0.303 e. The molecule has 0 fully saturated rings. The van der Waals surface area contributed by atoms with Crippen LogP contribution in [0.2, 0.25) is 0 Å². The van der Waals surface area contributed by atoms with Gasteiger partial charge < -0.3 is 10.4 Å². The minimum Gasteiger partial charge on any atom is -0.481 e. The van der Waals surface area contributed by atoms with Crippen LogP contribution in [-0.4, -0.2) is 22.0 Å². The van der Waals surface area contributed by atoms with E-state index in [2.05, 4.69) is 16.4 Å². The number of rotatable bonds is 8. The number of carbonyl (C=O) groups excluding carboxylic acids is 1. The van der Waals surface area contributed by atoms with Gasteiger partial charge in [0.05, 0.1) is 15.2 Å². The topological polar surface area (TPSA) is 79.3 Å². The maximum atomic E-state index is 12.1. The third kappa shape index (κ3) is 5.13. The van der Waals surface area contributed by atoms with Crippen molar-refractivity contribution in [3.8, 4) is 0 Å². The lowest BCUT2D eigenvalue weighted by molar-refractivity contribution is -0.137. The monoisotopic (exact) mass is 368 g/mol. The second-order valence-electron chi connectivity index (χ2n) is 6.07. The van der Waals surface area contributed by atoms with Crippen molar-refractivity contribution in [1.82, 2.24) is 4.98 Å². The maximum absolute atomic E-state index is 12.1. The first-order valence-corrected chi connectivity index (χ1v) is 9.37. The summed E-state index contributed by atoms with van der Waals surface area (Å²) in [7, 11) is 0. The number of hydrogen-bond donors (Lipinski definition) is 2. The Labute approximate surface area is 155 Å². The summed E-state index contributed by atoms with van der Waals surface area (Å²) in [5.41, 5.74) is 2.62. The van der Waals surface area contributed by atoms with Gasteiger partial charge in [-0.2, -0.15) is 0 Å². The summed E-state index contributed by atoms with van der Waals surface area (Å²) in [5, 5.41) is 12.7. The molecule has 0 atom stereocenters. The van der Waals surface area contributed by atoms with Crippen LogP contribution in [0, 0.1) is 0 Å². The highest BCUT2D eigenvalue weighted by Crippen LogP contribution is 2.22. The number of carboxylic acid groups (broad SMARTS) is 1. The molecule has 0 radical (unpaired) electrons. The Bertz CT molecular complexity index is 887. The number of thiazole rings is 1. The lowest BCUT2D eigenvalue weighted by atomic mass is 10.1. The van der Waals surface area contributed by atoms with Gasteiger partial charge in [0, 0.05) is 18.5 Å². The van der Waals surface area contributed by atoms with Crippen molar-refractivity contribution in [2.75, 3.05) is 5.32 Å². The molecule has 0 aliphatic rings. The number of para-hydroxylation sites is 1. The maximum Gasteiger partial charge on any atom is 0.303 e. The number of amides is 1. The highest BCUT2D eigenvalue weighted by Gasteiger charge is 2.07. The first kappa shape index (κ1) is 18.1. The third-order valence-electron chi connectivity index (χ3n) is 3.97. The Morgan fingerprint density at radius 1 is 1.04 bits per heavy atom. The molecule has 2 N–H and O–H groups in total. The summed E-state index contributed by atoms with van der Waals surface area (Å²) >= 11 is 1.67. The minimum atomic E-state index is -0.825. The van der Waals surface area contributed by atoms with Gasteiger partial charge in [0.15, 0.2) is 0 Å². The van der Waals surface area contributed by atoms with Gasteiger partial charge in [0.1, 0.15) is 0 Å². The average Bonchev–Trinajstić information content (AvgIpc) is 3.03. The standard InChI is InChI=1S/C20H20N2O3S/c23-18(21-15-6-3-5-14(13-15)11-12-20(24)25)9-4-10-19-22-16-7-1-2-8-17(16)26-19/h1-3,5-8,13H,4,9-12H2,(H,21,23)(H,24,25). The van der Waals surface area contributed by atoms with E-state index in [0.29, 0.717) is 18.5 Å². The number of aliphatic carboxylic acids is 1. The number of nitrogens with zero attached hydrogens (tertiary/aromatic N) is 1. The first-order chi connectivity index (χ1) is 12.6. The highest BCUT2D eigenvalue weighted by molar-refractivity contribution is 7.18. The van der Waals surface area contributed by atoms with Crippen molar-refractivity contribution in [3.63, 3.8) is 0 Å². The van der Waals surface area contributed by atoms with Crippen molar-refractivity contribution in [2.24, 2.45) is 0 Å². The Hall–Kier alpha value is -2.73. The summed E-state index contributed by atoms with van der Waals surface area (Å²) < 4.78 is 1.17. The van der Waals surface area contributed by atoms with Crippen LogP contribution in [0.5, 0.6) is 0 Å². The number of aryl methyl sites for hydroxylation is 2. The molecule has 0 aliphatic carbocycles. The summed E-state index contributed by atoms with van der Waals surface area (Å²) in [5.74, 6) is -0.865. The molecular weight excluding hydrogens is 348 g/mol. The molecule has 0 saturated carbocycles. The Morgan fingerprint density at radius 2 is 1.88 bits per heavy atom. The fourth-order valence-electron chi connectivity index (χ4n) is 2.71. The predicted octanol–water partition coefficient (Wildman–Crippen LogP) is 4.27. The van der Waals surface area contributed by atoms with Gasteiger partial charge in [-0.25, -0.2) is 4.98 Å². The van der Waals surface area contributed by atoms with Crippen LogP contribution in [0.1, 0.15) is 29.8 Å². The van der Waals surface area contributed by atoms with Gasteiger partial charge in [-0.05, 0) is 49.1 Å². The average molecular weight is 368 g/mol. The van der Waals surface area contributed by atoms with E-state index in [1.807, 2.05) is 42.5 Å². The molecule has 0 bridgehead atoms. The molecule has 1 amide bonds. The Morgan fingerprint density at radius 3 is 2.69 bits per heavy atom. The van der Waals surface area contributed by atoms with Gasteiger partial charge in [0.2, 0.25) is 5.91 Å². The van der Waals surface area contributed by atoms with Crippen LogP contribution >= 0.6 is 11.3 Å². The third-order valence-corrected chi connectivity index (χ3v) is 5.07. The number of aromatic nitrogens is 1. The zero-order valence-corrected chi connectivity index (χ0v) is 15.1. The van der Waals surface area contributed by atoms with Crippen LogP contribution in [0.15, 0.2) is 48.5 Å². The van der Waals surface area contributed by atoms with Crippen LogP contribution in [0.4, 0.5) is 5.69 Å². The lowest BCUT2D eigenvalue weighted by Crippen LogP contribution is -2.11. The lowest BCUT2D eigenvalue weighted by Gasteiger charge is -2.07. The number of nitrogens with one attached hydrogen (secondary N) is 1. The second kappa shape index (κ2) is 8.58. The van der Waals surface area contributed by atoms with Crippen molar-refractivity contribution < 1.29 is 14.7 Å². The first-order valence-electron chi connectivity index (χ1n) is 8.55. The van der Waals surface area contributed by atoms with Crippen molar-refractivity contribution in [1.29, 1.82) is 0 Å². The number of fused-ring (bicyclic) bond motifs is 1. The molecule has 1 heterocycles. The zero-order valence-electron chi connectivity index (χ0n) is 14.3. The molecule has 0 unspecified atom stereocenters. The van der Waals surface area contributed by atoms with Crippen LogP contribution in [-0.2, 0) is 22.4 Å². The summed E-state index contributed by atoms with van der Waals surface area (Å²) in [6.07, 6.45) is 2.49. The SMILES string of the molecule is O=C(O)CCc1cccc(NC(=O)CCCc2nc3ccccc3s2)c1. The van der Waals surface area contributed by atoms with Crippen molar-refractivity contribution in [3.05, 3.63) is 59.1 Å². The molecule has 5 nitrogen and oxygen atoms in total. The fraction of sp³-hybridized carbons (Fsp3) is 0.250. The minimum absolute atomic E-state index is 0.0403. The largest absolute Gasteiger partial charge is 0.481 e. The van der Waals surface area contributed by atoms with Gasteiger partial charge >= 0.3 is 5.97 Å². The molecule has 0 spiro atoms. The van der Waals surface area contributed by atoms with E-state index in [0.717, 1.165) is 28.9 Å². The van der Waals surface area contributed by atoms with E-state index >= 15 is 0 Å². The number of benzene rings is 2. The zero-order chi connectivity index (χ0) is 18.4. The molecule has 1 aromatic heterocycles. The molecule has 0 saturated heterocycles. The van der Waals surface area contributed by atoms with E-state index in [1.165, 1.54) is 4.70 Å². The number of anilines is 1. The van der Waals surface area contributed by atoms with Crippen LogP contribution in [0.3, 0.4) is 0 Å². The molecule has 134 valence electrons. The summed E-state index contributed by atoms with van der Waals surface area (Å²) in [6.45, 7) is 0. The Kier molecular flexibility index (Phi) is 5.96. The van der Waals surface area contributed by atoms with Gasteiger partial charge in [-0.15, -0.1) is 11.3 Å². The van der Waals surface area contributed by atoms with Crippen molar-refractivity contribution >= 4 is 39.1 Å².